The van der Waals surface area contributed by atoms with E-state index in [2.05, 4.69) is 4.98 Å². The lowest BCUT2D eigenvalue weighted by Crippen LogP contribution is -2.39. The molecule has 0 amide bonds. The van der Waals surface area contributed by atoms with E-state index in [-0.39, 0.29) is 24.0 Å². The van der Waals surface area contributed by atoms with Crippen molar-refractivity contribution in [2.45, 2.75) is 38.8 Å². The summed E-state index contributed by atoms with van der Waals surface area (Å²) >= 11 is 0. The SMILES string of the molecule is CC(CCCCn1c(=O)c2c(ncn2C)n(C)c1=O)OC(=O)c1ccc(O)cc1. The van der Waals surface area contributed by atoms with Crippen molar-refractivity contribution in [3.8, 4) is 5.75 Å². The highest BCUT2D eigenvalue weighted by atomic mass is 16.5. The molecule has 0 aliphatic heterocycles. The van der Waals surface area contributed by atoms with Gasteiger partial charge in [-0.15, -0.1) is 0 Å². The Morgan fingerprint density at radius 2 is 1.86 bits per heavy atom. The van der Waals surface area contributed by atoms with Gasteiger partial charge in [0.15, 0.2) is 11.2 Å². The average Bonchev–Trinajstić information content (AvgIpc) is 3.08. The lowest BCUT2D eigenvalue weighted by atomic mass is 10.1. The number of hydrogen-bond acceptors (Lipinski definition) is 6. The Bertz CT molecular complexity index is 1140. The van der Waals surface area contributed by atoms with Gasteiger partial charge in [0.05, 0.1) is 18.0 Å². The Kier molecular flexibility index (Phi) is 5.86. The minimum Gasteiger partial charge on any atom is -0.508 e. The van der Waals surface area contributed by atoms with Crippen LogP contribution in [-0.4, -0.2) is 35.9 Å². The third-order valence-corrected chi connectivity index (χ3v) is 4.85. The van der Waals surface area contributed by atoms with Gasteiger partial charge in [-0.3, -0.25) is 13.9 Å². The first kappa shape index (κ1) is 20.4. The molecule has 0 saturated heterocycles. The van der Waals surface area contributed by atoms with Crippen LogP contribution in [0.4, 0.5) is 0 Å². The molecular weight excluding hydrogens is 376 g/mol. The van der Waals surface area contributed by atoms with Gasteiger partial charge >= 0.3 is 11.7 Å². The van der Waals surface area contributed by atoms with E-state index in [0.717, 1.165) is 0 Å². The van der Waals surface area contributed by atoms with E-state index in [1.165, 1.54) is 39.7 Å². The largest absolute Gasteiger partial charge is 0.508 e. The quantitative estimate of drug-likeness (QED) is 0.476. The topological polar surface area (TPSA) is 108 Å². The van der Waals surface area contributed by atoms with Crippen LogP contribution in [0, 0.1) is 0 Å². The Morgan fingerprint density at radius 1 is 1.17 bits per heavy atom. The first-order valence-electron chi connectivity index (χ1n) is 9.40. The van der Waals surface area contributed by atoms with Gasteiger partial charge in [0.2, 0.25) is 0 Å². The molecule has 0 spiro atoms. The highest BCUT2D eigenvalue weighted by Crippen LogP contribution is 2.13. The summed E-state index contributed by atoms with van der Waals surface area (Å²) in [5.41, 5.74) is 0.383. The van der Waals surface area contributed by atoms with Crippen LogP contribution < -0.4 is 11.2 Å². The summed E-state index contributed by atoms with van der Waals surface area (Å²) in [6, 6.07) is 5.86. The Hall–Kier alpha value is -3.36. The summed E-state index contributed by atoms with van der Waals surface area (Å²) in [6.45, 7) is 2.08. The van der Waals surface area contributed by atoms with Gasteiger partial charge in [-0.2, -0.15) is 0 Å². The first-order chi connectivity index (χ1) is 13.8. The molecule has 0 fully saturated rings. The number of hydrogen-bond donors (Lipinski definition) is 1. The van der Waals surface area contributed by atoms with Gasteiger partial charge in [-0.05, 0) is 50.5 Å². The molecule has 0 aliphatic carbocycles. The molecule has 2 aromatic heterocycles. The van der Waals surface area contributed by atoms with Gasteiger partial charge < -0.3 is 14.4 Å². The third-order valence-electron chi connectivity index (χ3n) is 4.85. The van der Waals surface area contributed by atoms with Crippen LogP contribution in [0.25, 0.3) is 11.2 Å². The monoisotopic (exact) mass is 400 g/mol. The normalized spacial score (nSPS) is 12.2. The zero-order valence-electron chi connectivity index (χ0n) is 16.7. The van der Waals surface area contributed by atoms with E-state index in [4.69, 9.17) is 4.74 Å². The molecule has 2 heterocycles. The molecule has 3 aromatic rings. The second kappa shape index (κ2) is 8.34. The van der Waals surface area contributed by atoms with Crippen molar-refractivity contribution >= 4 is 17.1 Å². The van der Waals surface area contributed by atoms with Crippen LogP contribution in [0.1, 0.15) is 36.5 Å². The highest BCUT2D eigenvalue weighted by Gasteiger charge is 2.15. The van der Waals surface area contributed by atoms with Crippen LogP contribution in [0.3, 0.4) is 0 Å². The molecule has 29 heavy (non-hydrogen) atoms. The number of phenolic OH excluding ortho intramolecular Hbond substituents is 1. The summed E-state index contributed by atoms with van der Waals surface area (Å²) < 4.78 is 9.59. The highest BCUT2D eigenvalue weighted by molar-refractivity contribution is 5.89. The van der Waals surface area contributed by atoms with Gasteiger partial charge in [-0.1, -0.05) is 0 Å². The van der Waals surface area contributed by atoms with E-state index >= 15 is 0 Å². The van der Waals surface area contributed by atoms with E-state index in [1.807, 2.05) is 0 Å². The number of nitrogens with zero attached hydrogens (tertiary/aromatic N) is 4. The number of ether oxygens (including phenoxy) is 1. The number of imidazole rings is 1. The molecule has 1 atom stereocenters. The number of rotatable bonds is 7. The number of aromatic nitrogens is 4. The van der Waals surface area contributed by atoms with E-state index in [0.29, 0.717) is 36.0 Å². The fourth-order valence-corrected chi connectivity index (χ4v) is 3.20. The first-order valence-corrected chi connectivity index (χ1v) is 9.40. The fourth-order valence-electron chi connectivity index (χ4n) is 3.20. The summed E-state index contributed by atoms with van der Waals surface area (Å²) in [7, 11) is 3.31. The third kappa shape index (κ3) is 4.23. The second-order valence-electron chi connectivity index (χ2n) is 7.08. The van der Waals surface area contributed by atoms with Crippen LogP contribution in [0.5, 0.6) is 5.75 Å². The fraction of sp³-hybridized carbons (Fsp3) is 0.400. The molecule has 0 bridgehead atoms. The number of aryl methyl sites for hydroxylation is 2. The number of fused-ring (bicyclic) bond motifs is 1. The minimum absolute atomic E-state index is 0.0836. The molecule has 1 N–H and O–H groups in total. The second-order valence-corrected chi connectivity index (χ2v) is 7.08. The molecule has 3 rings (SSSR count). The summed E-state index contributed by atoms with van der Waals surface area (Å²) in [5.74, 6) is -0.371. The maximum Gasteiger partial charge on any atom is 0.338 e. The summed E-state index contributed by atoms with van der Waals surface area (Å²) in [5, 5.41) is 9.27. The zero-order chi connectivity index (χ0) is 21.1. The van der Waals surface area contributed by atoms with E-state index < -0.39 is 11.7 Å². The number of carbonyl (C=O) groups is 1. The number of unbranched alkanes of at least 4 members (excludes halogenated alkanes) is 1. The number of aromatic hydroxyl groups is 1. The van der Waals surface area contributed by atoms with E-state index in [1.54, 1.807) is 25.6 Å². The van der Waals surface area contributed by atoms with Crippen molar-refractivity contribution in [3.05, 3.63) is 57.0 Å². The van der Waals surface area contributed by atoms with Crippen LogP contribution in [-0.2, 0) is 25.4 Å². The average molecular weight is 400 g/mol. The molecule has 9 nitrogen and oxygen atoms in total. The lowest BCUT2D eigenvalue weighted by molar-refractivity contribution is 0.0319. The predicted molar refractivity (Wildman–Crippen MR) is 107 cm³/mol. The van der Waals surface area contributed by atoms with Gasteiger partial charge in [0.25, 0.3) is 5.56 Å². The zero-order valence-corrected chi connectivity index (χ0v) is 16.7. The van der Waals surface area contributed by atoms with Crippen molar-refractivity contribution in [3.63, 3.8) is 0 Å². The van der Waals surface area contributed by atoms with E-state index in [9.17, 15) is 19.5 Å². The van der Waals surface area contributed by atoms with Crippen molar-refractivity contribution in [2.75, 3.05) is 0 Å². The molecule has 0 radical (unpaired) electrons. The molecular formula is C20H24N4O5. The van der Waals surface area contributed by atoms with Crippen LogP contribution in [0.2, 0.25) is 0 Å². The van der Waals surface area contributed by atoms with Crippen molar-refractivity contribution in [1.82, 2.24) is 18.7 Å². The number of carbonyl (C=O) groups excluding carboxylic acids is 1. The molecule has 1 aromatic carbocycles. The summed E-state index contributed by atoms with van der Waals surface area (Å²) in [6.07, 6.45) is 3.09. The maximum atomic E-state index is 12.6. The standard InChI is InChI=1S/C20H24N4O5/c1-13(29-19(27)14-7-9-15(25)10-8-14)6-4-5-11-24-18(26)16-17(21-12-22(16)2)23(3)20(24)28/h7-10,12-13,25H,4-6,11H2,1-3H3. The Balaban J connectivity index is 1.57. The predicted octanol–water partition coefficient (Wildman–Crippen LogP) is 1.56. The number of phenols is 1. The summed E-state index contributed by atoms with van der Waals surface area (Å²) in [4.78, 5) is 41.3. The van der Waals surface area contributed by atoms with Crippen molar-refractivity contribution in [1.29, 1.82) is 0 Å². The minimum atomic E-state index is -0.454. The van der Waals surface area contributed by atoms with Gasteiger partial charge in [0, 0.05) is 20.6 Å². The van der Waals surface area contributed by atoms with Crippen molar-refractivity contribution < 1.29 is 14.6 Å². The van der Waals surface area contributed by atoms with Gasteiger partial charge in [-0.25, -0.2) is 14.6 Å². The van der Waals surface area contributed by atoms with Crippen LogP contribution in [0.15, 0.2) is 40.2 Å². The smallest absolute Gasteiger partial charge is 0.338 e. The molecule has 0 aliphatic rings. The molecule has 1 unspecified atom stereocenters. The van der Waals surface area contributed by atoms with Crippen LogP contribution >= 0.6 is 0 Å². The molecule has 9 heteroatoms. The maximum absolute atomic E-state index is 12.6. The Labute approximate surface area is 166 Å². The number of benzene rings is 1. The number of esters is 1. The molecule has 0 saturated carbocycles. The Morgan fingerprint density at radius 3 is 2.55 bits per heavy atom. The molecule has 154 valence electrons. The van der Waals surface area contributed by atoms with Gasteiger partial charge in [0.1, 0.15) is 5.75 Å². The van der Waals surface area contributed by atoms with Crippen molar-refractivity contribution in [2.24, 2.45) is 14.1 Å². The lowest BCUT2D eigenvalue weighted by Gasteiger charge is -2.13.